The first-order valence-electron chi connectivity index (χ1n) is 5.71. The topological polar surface area (TPSA) is 82.1 Å². The molecule has 0 saturated carbocycles. The Hall–Kier alpha value is -0.990. The third-order valence-electron chi connectivity index (χ3n) is 2.33. The highest BCUT2D eigenvalue weighted by atomic mass is 32.2. The molecule has 0 bridgehead atoms. The number of rotatable bonds is 8. The van der Waals surface area contributed by atoms with Gasteiger partial charge in [-0.05, 0) is 19.1 Å². The van der Waals surface area contributed by atoms with Crippen molar-refractivity contribution >= 4 is 10.1 Å². The Labute approximate surface area is 113 Å². The first-order valence-corrected chi connectivity index (χ1v) is 7.12. The third kappa shape index (κ3) is 5.25. The van der Waals surface area contributed by atoms with E-state index in [9.17, 15) is 8.42 Å². The molecule has 0 aliphatic carbocycles. The number of aliphatic hydroxyl groups is 1. The van der Waals surface area contributed by atoms with E-state index >= 15 is 0 Å². The minimum atomic E-state index is -3.83. The van der Waals surface area contributed by atoms with E-state index in [0.29, 0.717) is 0 Å². The molecule has 1 aromatic carbocycles. The van der Waals surface area contributed by atoms with Crippen molar-refractivity contribution in [2.45, 2.75) is 18.1 Å². The van der Waals surface area contributed by atoms with Gasteiger partial charge in [-0.15, -0.1) is 0 Å². The number of methoxy groups -OCH3 is 1. The van der Waals surface area contributed by atoms with Gasteiger partial charge in [-0.1, -0.05) is 17.7 Å². The second-order valence-electron chi connectivity index (χ2n) is 3.81. The summed E-state index contributed by atoms with van der Waals surface area (Å²) in [5, 5.41) is 8.60. The van der Waals surface area contributed by atoms with Gasteiger partial charge in [0.2, 0.25) is 0 Å². The van der Waals surface area contributed by atoms with E-state index in [1.54, 1.807) is 12.1 Å². The van der Waals surface area contributed by atoms with E-state index < -0.39 is 16.4 Å². The maximum atomic E-state index is 11.9. The van der Waals surface area contributed by atoms with Crippen LogP contribution in [0, 0.1) is 6.92 Å². The van der Waals surface area contributed by atoms with Gasteiger partial charge in [0.15, 0.2) is 6.29 Å². The van der Waals surface area contributed by atoms with Gasteiger partial charge >= 0.3 is 0 Å². The van der Waals surface area contributed by atoms with Gasteiger partial charge in [0.1, 0.15) is 6.61 Å². The van der Waals surface area contributed by atoms with Crippen LogP contribution >= 0.6 is 0 Å². The SMILES string of the molecule is CO[C@H](COS(=O)(=O)c1ccc(C)cc1)OCCO. The highest BCUT2D eigenvalue weighted by Gasteiger charge is 2.18. The Bertz CT molecular complexity index is 467. The second-order valence-corrected chi connectivity index (χ2v) is 5.43. The molecule has 0 amide bonds. The maximum absolute atomic E-state index is 11.9. The molecule has 1 aromatic rings. The quantitative estimate of drug-likeness (QED) is 0.560. The Morgan fingerprint density at radius 1 is 1.26 bits per heavy atom. The molecule has 0 heterocycles. The van der Waals surface area contributed by atoms with Gasteiger partial charge in [0, 0.05) is 7.11 Å². The summed E-state index contributed by atoms with van der Waals surface area (Å²) in [4.78, 5) is 0.0788. The molecule has 0 aromatic heterocycles. The lowest BCUT2D eigenvalue weighted by molar-refractivity contribution is -0.145. The molecule has 0 unspecified atom stereocenters. The highest BCUT2D eigenvalue weighted by Crippen LogP contribution is 2.13. The van der Waals surface area contributed by atoms with Crippen LogP contribution in [0.2, 0.25) is 0 Å². The summed E-state index contributed by atoms with van der Waals surface area (Å²) in [5.74, 6) is 0. The largest absolute Gasteiger partial charge is 0.394 e. The Morgan fingerprint density at radius 2 is 1.89 bits per heavy atom. The van der Waals surface area contributed by atoms with Crippen molar-refractivity contribution in [3.63, 3.8) is 0 Å². The van der Waals surface area contributed by atoms with E-state index in [4.69, 9.17) is 18.8 Å². The number of ether oxygens (including phenoxy) is 2. The average molecular weight is 290 g/mol. The summed E-state index contributed by atoms with van der Waals surface area (Å²) in [6.45, 7) is 1.46. The van der Waals surface area contributed by atoms with Crippen LogP contribution in [0.1, 0.15) is 5.56 Å². The Morgan fingerprint density at radius 3 is 2.42 bits per heavy atom. The molecule has 0 radical (unpaired) electrons. The smallest absolute Gasteiger partial charge is 0.297 e. The monoisotopic (exact) mass is 290 g/mol. The molecule has 0 spiro atoms. The fourth-order valence-corrected chi connectivity index (χ4v) is 2.18. The fraction of sp³-hybridized carbons (Fsp3) is 0.500. The number of aliphatic hydroxyl groups excluding tert-OH is 1. The minimum absolute atomic E-state index is 0.0481. The van der Waals surface area contributed by atoms with E-state index in [2.05, 4.69) is 0 Å². The second kappa shape index (κ2) is 7.56. The first kappa shape index (κ1) is 16.1. The van der Waals surface area contributed by atoms with Crippen molar-refractivity contribution in [3.05, 3.63) is 29.8 Å². The number of hydrogen-bond donors (Lipinski definition) is 1. The van der Waals surface area contributed by atoms with E-state index in [-0.39, 0.29) is 24.7 Å². The summed E-state index contributed by atoms with van der Waals surface area (Å²) in [7, 11) is -2.46. The molecule has 19 heavy (non-hydrogen) atoms. The van der Waals surface area contributed by atoms with E-state index in [1.165, 1.54) is 19.2 Å². The Balaban J connectivity index is 2.61. The van der Waals surface area contributed by atoms with Crippen LogP contribution < -0.4 is 0 Å². The molecular formula is C12H18O6S. The number of hydrogen-bond acceptors (Lipinski definition) is 6. The zero-order chi connectivity index (χ0) is 14.3. The van der Waals surface area contributed by atoms with Crippen LogP contribution in [0.15, 0.2) is 29.2 Å². The lowest BCUT2D eigenvalue weighted by atomic mass is 10.2. The van der Waals surface area contributed by atoms with Gasteiger partial charge in [-0.3, -0.25) is 4.18 Å². The van der Waals surface area contributed by atoms with Crippen molar-refractivity contribution in [2.75, 3.05) is 26.9 Å². The summed E-state index contributed by atoms with van der Waals surface area (Å²) < 4.78 is 38.5. The number of aryl methyl sites for hydroxylation is 1. The van der Waals surface area contributed by atoms with Crippen molar-refractivity contribution in [2.24, 2.45) is 0 Å². The molecule has 7 heteroatoms. The molecule has 108 valence electrons. The average Bonchev–Trinajstić information content (AvgIpc) is 2.39. The normalized spacial score (nSPS) is 13.4. The van der Waals surface area contributed by atoms with E-state index in [0.717, 1.165) is 5.56 Å². The predicted octanol–water partition coefficient (Wildman–Crippen LogP) is 0.682. The molecule has 1 rings (SSSR count). The highest BCUT2D eigenvalue weighted by molar-refractivity contribution is 7.86. The molecule has 1 atom stereocenters. The van der Waals surface area contributed by atoms with Gasteiger partial charge in [0.25, 0.3) is 10.1 Å². The van der Waals surface area contributed by atoms with Crippen LogP contribution in [-0.2, 0) is 23.8 Å². The lowest BCUT2D eigenvalue weighted by Crippen LogP contribution is -2.25. The molecule has 0 aliphatic rings. The van der Waals surface area contributed by atoms with Crippen LogP contribution in [-0.4, -0.2) is 46.7 Å². The molecule has 6 nitrogen and oxygen atoms in total. The molecular weight excluding hydrogens is 272 g/mol. The molecule has 0 aliphatic heterocycles. The summed E-state index contributed by atoms with van der Waals surface area (Å²) in [6, 6.07) is 6.32. The zero-order valence-corrected chi connectivity index (χ0v) is 11.7. The van der Waals surface area contributed by atoms with Crippen molar-refractivity contribution in [3.8, 4) is 0 Å². The van der Waals surface area contributed by atoms with Crippen LogP contribution in [0.3, 0.4) is 0 Å². The van der Waals surface area contributed by atoms with Gasteiger partial charge in [0.05, 0.1) is 18.1 Å². The fourth-order valence-electron chi connectivity index (χ4n) is 1.29. The van der Waals surface area contributed by atoms with Crippen LogP contribution in [0.4, 0.5) is 0 Å². The molecule has 0 fully saturated rings. The van der Waals surface area contributed by atoms with Crippen LogP contribution in [0.25, 0.3) is 0 Å². The van der Waals surface area contributed by atoms with Gasteiger partial charge < -0.3 is 14.6 Å². The third-order valence-corrected chi connectivity index (χ3v) is 3.62. The molecule has 0 saturated heterocycles. The number of benzene rings is 1. The van der Waals surface area contributed by atoms with Crippen molar-refractivity contribution in [1.29, 1.82) is 0 Å². The maximum Gasteiger partial charge on any atom is 0.297 e. The summed E-state index contributed by atoms with van der Waals surface area (Å²) in [5.41, 5.74) is 0.958. The first-order chi connectivity index (χ1) is 8.99. The molecule has 1 N–H and O–H groups in total. The standard InChI is InChI=1S/C12H18O6S/c1-10-3-5-11(6-4-10)19(14,15)18-9-12(16-2)17-8-7-13/h3-6,12-13H,7-9H2,1-2H3/t12-/m0/s1. The zero-order valence-electron chi connectivity index (χ0n) is 10.9. The Kier molecular flexibility index (Phi) is 6.40. The predicted molar refractivity (Wildman–Crippen MR) is 68.2 cm³/mol. The van der Waals surface area contributed by atoms with Crippen molar-refractivity contribution < 1.29 is 27.2 Å². The summed E-state index contributed by atoms with van der Waals surface area (Å²) in [6.07, 6.45) is -0.840. The van der Waals surface area contributed by atoms with E-state index in [1.807, 2.05) is 6.92 Å². The minimum Gasteiger partial charge on any atom is -0.394 e. The summed E-state index contributed by atoms with van der Waals surface area (Å²) >= 11 is 0. The van der Waals surface area contributed by atoms with Crippen molar-refractivity contribution in [1.82, 2.24) is 0 Å². The van der Waals surface area contributed by atoms with Crippen LogP contribution in [0.5, 0.6) is 0 Å². The lowest BCUT2D eigenvalue weighted by Gasteiger charge is -2.15. The van der Waals surface area contributed by atoms with Gasteiger partial charge in [-0.2, -0.15) is 8.42 Å². The van der Waals surface area contributed by atoms with Gasteiger partial charge in [-0.25, -0.2) is 0 Å².